The van der Waals surface area contributed by atoms with Gasteiger partial charge in [0, 0.05) is 36.0 Å². The molecule has 1 aliphatic carbocycles. The fraction of sp³-hybridized carbons (Fsp3) is 0.423. The zero-order chi connectivity index (χ0) is 21.8. The Kier molecular flexibility index (Phi) is 6.73. The summed E-state index contributed by atoms with van der Waals surface area (Å²) in [7, 11) is 1.71. The largest absolute Gasteiger partial charge is 0.496 e. The summed E-state index contributed by atoms with van der Waals surface area (Å²) in [6, 6.07) is 13.1. The van der Waals surface area contributed by atoms with Crippen molar-refractivity contribution in [2.75, 3.05) is 13.7 Å². The van der Waals surface area contributed by atoms with Gasteiger partial charge in [-0.3, -0.25) is 0 Å². The molecule has 1 aliphatic rings. The van der Waals surface area contributed by atoms with Crippen LogP contribution in [-0.2, 0) is 24.3 Å². The highest BCUT2D eigenvalue weighted by Crippen LogP contribution is 2.32. The van der Waals surface area contributed by atoms with E-state index in [0.29, 0.717) is 19.3 Å². The lowest BCUT2D eigenvalue weighted by Gasteiger charge is -2.25. The summed E-state index contributed by atoms with van der Waals surface area (Å²) in [5.74, 6) is 0.881. The van der Waals surface area contributed by atoms with Gasteiger partial charge in [-0.15, -0.1) is 0 Å². The van der Waals surface area contributed by atoms with Gasteiger partial charge < -0.3 is 14.8 Å². The zero-order valence-electron chi connectivity index (χ0n) is 19.1. The summed E-state index contributed by atoms with van der Waals surface area (Å²) in [4.78, 5) is 0. The fourth-order valence-electron chi connectivity index (χ4n) is 4.45. The molecule has 164 valence electrons. The summed E-state index contributed by atoms with van der Waals surface area (Å²) in [6.45, 7) is 8.43. The number of nitrogens with zero attached hydrogens (tertiary/aromatic N) is 2. The molecule has 4 rings (SSSR count). The Morgan fingerprint density at radius 1 is 1.19 bits per heavy atom. The number of aromatic nitrogens is 2. The number of benzene rings is 2. The van der Waals surface area contributed by atoms with Crippen molar-refractivity contribution in [2.45, 2.75) is 59.2 Å². The van der Waals surface area contributed by atoms with Crippen LogP contribution in [0.3, 0.4) is 0 Å². The summed E-state index contributed by atoms with van der Waals surface area (Å²) >= 11 is 0. The highest BCUT2D eigenvalue weighted by molar-refractivity contribution is 5.46. The molecule has 0 unspecified atom stereocenters. The van der Waals surface area contributed by atoms with Gasteiger partial charge in [-0.05, 0) is 74.9 Å². The Balaban J connectivity index is 1.52. The Morgan fingerprint density at radius 3 is 2.87 bits per heavy atom. The zero-order valence-corrected chi connectivity index (χ0v) is 19.1. The number of rotatable bonds is 8. The fourth-order valence-corrected chi connectivity index (χ4v) is 4.45. The molecule has 0 bridgehead atoms. The molecule has 1 atom stereocenters. The lowest BCUT2D eigenvalue weighted by atomic mass is 9.92. The van der Waals surface area contributed by atoms with Gasteiger partial charge in [0.25, 0.3) is 0 Å². The van der Waals surface area contributed by atoms with Gasteiger partial charge in [0.15, 0.2) is 0 Å². The number of methoxy groups -OCH3 is 1. The molecule has 0 aliphatic heterocycles. The van der Waals surface area contributed by atoms with E-state index in [-0.39, 0.29) is 0 Å². The smallest absolute Gasteiger partial charge is 0.124 e. The van der Waals surface area contributed by atoms with Crippen LogP contribution in [0.25, 0.3) is 5.69 Å². The second kappa shape index (κ2) is 9.67. The number of nitrogens with one attached hydrogen (secondary N) is 1. The third-order valence-corrected chi connectivity index (χ3v) is 6.35. The van der Waals surface area contributed by atoms with Crippen LogP contribution in [-0.4, -0.2) is 23.5 Å². The molecular weight excluding hydrogens is 386 g/mol. The molecule has 0 fully saturated rings. The highest BCUT2D eigenvalue weighted by Gasteiger charge is 2.25. The van der Waals surface area contributed by atoms with Crippen LogP contribution in [0.1, 0.15) is 59.3 Å². The van der Waals surface area contributed by atoms with E-state index in [0.717, 1.165) is 30.7 Å². The number of fused-ring (bicyclic) bond motifs is 1. The van der Waals surface area contributed by atoms with Crippen LogP contribution in [0.15, 0.2) is 42.6 Å². The standard InChI is InChI=1S/C26H33N3O2/c1-5-31-17-21-14-20(12-13-26(21)30-4)15-27-23-9-7-11-25-22(23)16-28-29(25)24-10-6-8-18(2)19(24)3/h6,8,10,12-14,16,23,27H,5,7,9,11,15,17H2,1-4H3/t23-/m1/s1. The Labute approximate surface area is 185 Å². The van der Waals surface area contributed by atoms with Crippen molar-refractivity contribution >= 4 is 0 Å². The predicted octanol–water partition coefficient (Wildman–Crippen LogP) is 5.20. The maximum absolute atomic E-state index is 5.61. The van der Waals surface area contributed by atoms with Gasteiger partial charge in [0.1, 0.15) is 5.75 Å². The minimum absolute atomic E-state index is 0.319. The van der Waals surface area contributed by atoms with Gasteiger partial charge in [-0.25, -0.2) is 4.68 Å². The number of hydrogen-bond acceptors (Lipinski definition) is 4. The molecule has 31 heavy (non-hydrogen) atoms. The average molecular weight is 420 g/mol. The van der Waals surface area contributed by atoms with E-state index in [4.69, 9.17) is 14.6 Å². The second-order valence-corrected chi connectivity index (χ2v) is 8.29. The number of hydrogen-bond donors (Lipinski definition) is 1. The summed E-state index contributed by atoms with van der Waals surface area (Å²) in [5.41, 5.74) is 8.79. The molecule has 3 aromatic rings. The molecule has 5 nitrogen and oxygen atoms in total. The molecule has 1 heterocycles. The summed E-state index contributed by atoms with van der Waals surface area (Å²) in [5, 5.41) is 8.56. The lowest BCUT2D eigenvalue weighted by Crippen LogP contribution is -2.25. The lowest BCUT2D eigenvalue weighted by molar-refractivity contribution is 0.132. The third-order valence-electron chi connectivity index (χ3n) is 6.35. The van der Waals surface area contributed by atoms with Gasteiger partial charge >= 0.3 is 0 Å². The Bertz CT molecular complexity index is 1040. The Hall–Kier alpha value is -2.63. The maximum Gasteiger partial charge on any atom is 0.124 e. The van der Waals surface area contributed by atoms with E-state index in [2.05, 4.69) is 60.4 Å². The first-order chi connectivity index (χ1) is 15.1. The third kappa shape index (κ3) is 4.53. The molecule has 0 amide bonds. The molecule has 0 saturated carbocycles. The van der Waals surface area contributed by atoms with Gasteiger partial charge in [0.2, 0.25) is 0 Å². The van der Waals surface area contributed by atoms with Crippen LogP contribution >= 0.6 is 0 Å². The first-order valence-corrected chi connectivity index (χ1v) is 11.2. The highest BCUT2D eigenvalue weighted by atomic mass is 16.5. The molecule has 1 N–H and O–H groups in total. The first-order valence-electron chi connectivity index (χ1n) is 11.2. The Morgan fingerprint density at radius 2 is 2.06 bits per heavy atom. The number of ether oxygens (including phenoxy) is 2. The van der Waals surface area contributed by atoms with Crippen molar-refractivity contribution in [3.05, 3.63) is 76.1 Å². The van der Waals surface area contributed by atoms with Crippen molar-refractivity contribution < 1.29 is 9.47 Å². The first kappa shape index (κ1) is 21.6. The monoisotopic (exact) mass is 419 g/mol. The SMILES string of the molecule is CCOCc1cc(CN[C@@H]2CCCc3c2cnn3-c2cccc(C)c2C)ccc1OC. The van der Waals surface area contributed by atoms with E-state index in [1.807, 2.05) is 13.0 Å². The molecule has 2 aromatic carbocycles. The van der Waals surface area contributed by atoms with Crippen LogP contribution in [0.5, 0.6) is 5.75 Å². The van der Waals surface area contributed by atoms with Crippen molar-refractivity contribution in [1.82, 2.24) is 15.1 Å². The van der Waals surface area contributed by atoms with Crippen LogP contribution in [0.2, 0.25) is 0 Å². The van der Waals surface area contributed by atoms with Crippen molar-refractivity contribution in [2.24, 2.45) is 0 Å². The minimum Gasteiger partial charge on any atom is -0.496 e. The molecule has 0 saturated heterocycles. The summed E-state index contributed by atoms with van der Waals surface area (Å²) in [6.07, 6.45) is 5.43. The van der Waals surface area contributed by atoms with Crippen LogP contribution in [0, 0.1) is 13.8 Å². The van der Waals surface area contributed by atoms with E-state index in [9.17, 15) is 0 Å². The van der Waals surface area contributed by atoms with Gasteiger partial charge in [0.05, 0.1) is 25.6 Å². The molecule has 0 radical (unpaired) electrons. The minimum atomic E-state index is 0.319. The molecule has 1 aromatic heterocycles. The molecule has 5 heteroatoms. The van der Waals surface area contributed by atoms with Crippen molar-refractivity contribution in [3.8, 4) is 11.4 Å². The van der Waals surface area contributed by atoms with Gasteiger partial charge in [-0.2, -0.15) is 5.10 Å². The number of aryl methyl sites for hydroxylation is 1. The van der Waals surface area contributed by atoms with E-state index in [1.165, 1.54) is 40.1 Å². The van der Waals surface area contributed by atoms with E-state index in [1.54, 1.807) is 7.11 Å². The van der Waals surface area contributed by atoms with Gasteiger partial charge in [-0.1, -0.05) is 18.2 Å². The molecular formula is C26H33N3O2. The van der Waals surface area contributed by atoms with E-state index >= 15 is 0 Å². The quantitative estimate of drug-likeness (QED) is 0.545. The van der Waals surface area contributed by atoms with E-state index < -0.39 is 0 Å². The second-order valence-electron chi connectivity index (χ2n) is 8.29. The van der Waals surface area contributed by atoms with Crippen LogP contribution in [0.4, 0.5) is 0 Å². The average Bonchev–Trinajstić information content (AvgIpc) is 3.22. The van der Waals surface area contributed by atoms with Crippen molar-refractivity contribution in [1.29, 1.82) is 0 Å². The normalized spacial score (nSPS) is 15.7. The van der Waals surface area contributed by atoms with Crippen molar-refractivity contribution in [3.63, 3.8) is 0 Å². The maximum atomic E-state index is 5.61. The summed E-state index contributed by atoms with van der Waals surface area (Å²) < 4.78 is 13.3. The predicted molar refractivity (Wildman–Crippen MR) is 124 cm³/mol. The molecule has 0 spiro atoms. The van der Waals surface area contributed by atoms with Crippen LogP contribution < -0.4 is 10.1 Å². The topological polar surface area (TPSA) is 48.3 Å².